The van der Waals surface area contributed by atoms with Crippen LogP contribution in [0.5, 0.6) is 17.2 Å². The van der Waals surface area contributed by atoms with Crippen molar-refractivity contribution in [3.8, 4) is 39.5 Å². The quantitative estimate of drug-likeness (QED) is 0.0209. The summed E-state index contributed by atoms with van der Waals surface area (Å²) in [6.45, 7) is 19.3. The number of rotatable bonds is 30. The van der Waals surface area contributed by atoms with Gasteiger partial charge in [0.05, 0.1) is 59.8 Å². The van der Waals surface area contributed by atoms with Gasteiger partial charge in [-0.05, 0) is 183 Å². The van der Waals surface area contributed by atoms with Crippen LogP contribution >= 0.6 is 0 Å². The van der Waals surface area contributed by atoms with Crippen LogP contribution in [-0.4, -0.2) is 239 Å². The third-order valence-electron chi connectivity index (χ3n) is 26.5. The van der Waals surface area contributed by atoms with Gasteiger partial charge in [0, 0.05) is 137 Å². The lowest BCUT2D eigenvalue weighted by Gasteiger charge is -2.62. The molecule has 25 nitrogen and oxygen atoms in total. The summed E-state index contributed by atoms with van der Waals surface area (Å²) in [7, 11) is 15.7. The van der Waals surface area contributed by atoms with Gasteiger partial charge in [-0.2, -0.15) is 10.1 Å². The Bertz CT molecular complexity index is 4130. The van der Waals surface area contributed by atoms with Gasteiger partial charge in [0.2, 0.25) is 17.7 Å². The minimum Gasteiger partial charge on any atom is -0.497 e. The number of carbonyl (C=O) groups is 5. The van der Waals surface area contributed by atoms with E-state index in [1.807, 2.05) is 123 Å². The normalized spacial score (nSPS) is 27.2. The lowest BCUT2D eigenvalue weighted by molar-refractivity contribution is -0.183. The number of para-hydroxylation sites is 2. The van der Waals surface area contributed by atoms with E-state index in [-0.39, 0.29) is 91.9 Å². The molecule has 0 radical (unpaired) electrons. The highest BCUT2D eigenvalue weighted by Crippen LogP contribution is 2.62. The first-order chi connectivity index (χ1) is 53.7. The molecule has 6 aliphatic carbocycles. The van der Waals surface area contributed by atoms with Crippen LogP contribution in [0.3, 0.4) is 0 Å². The third kappa shape index (κ3) is 18.5. The van der Waals surface area contributed by atoms with Gasteiger partial charge in [-0.1, -0.05) is 90.1 Å². The van der Waals surface area contributed by atoms with Gasteiger partial charge >= 0.3 is 0 Å². The molecule has 3 aliphatic heterocycles. The van der Waals surface area contributed by atoms with Crippen molar-refractivity contribution in [3.05, 3.63) is 125 Å². The number of aliphatic hydroxyl groups is 5. The molecule has 4 bridgehead atoms. The third-order valence-corrected chi connectivity index (χ3v) is 26.5. The average molecular weight is 1560 g/mol. The number of amides is 5. The van der Waals surface area contributed by atoms with E-state index in [4.69, 9.17) is 23.9 Å². The van der Waals surface area contributed by atoms with E-state index in [0.29, 0.717) is 93.5 Å². The summed E-state index contributed by atoms with van der Waals surface area (Å²) < 4.78 is 17.5. The van der Waals surface area contributed by atoms with Gasteiger partial charge in [-0.3, -0.25) is 33.6 Å². The van der Waals surface area contributed by atoms with Crippen LogP contribution in [0.25, 0.3) is 22.3 Å². The number of fused-ring (bicyclic) bond motifs is 4. The number of methoxy groups -OCH3 is 3. The van der Waals surface area contributed by atoms with Crippen molar-refractivity contribution in [1.82, 2.24) is 41.2 Å². The minimum atomic E-state index is -0.931. The van der Waals surface area contributed by atoms with Crippen molar-refractivity contribution in [2.24, 2.45) is 58.2 Å². The number of nitrogens with one attached hydrogen (secondary N) is 4. The second kappa shape index (κ2) is 36.5. The number of hydrogen-bond acceptors (Lipinski definition) is 20. The summed E-state index contributed by atoms with van der Waals surface area (Å²) in [6, 6.07) is 27.5. The number of likely N-dealkylation sites (N-methyl/N-ethyl adjacent to an activating group) is 1. The van der Waals surface area contributed by atoms with E-state index in [2.05, 4.69) is 67.7 Å². The molecule has 5 amide bonds. The number of carbonyl (C=O) groups excluding carboxylic acids is 5. The maximum Gasteiger partial charge on any atom is 0.252 e. The number of benzene rings is 5. The monoisotopic (exact) mass is 1560 g/mol. The summed E-state index contributed by atoms with van der Waals surface area (Å²) in [4.78, 5) is 90.1. The molecule has 9 aliphatic rings. The molecule has 6 saturated carbocycles. The highest BCUT2D eigenvalue weighted by molar-refractivity contribution is 6.00. The van der Waals surface area contributed by atoms with Crippen LogP contribution in [0.2, 0.25) is 0 Å². The summed E-state index contributed by atoms with van der Waals surface area (Å²) in [6.07, 6.45) is 3.88. The van der Waals surface area contributed by atoms with Crippen LogP contribution in [-0.2, 0) is 43.6 Å². The molecule has 618 valence electrons. The SMILES string of the molecule is COc1c(CN2O[C@@H](CO)[C@H]([C@H](C)O)[C@H]2C(=O)N[C@H]2C[C@H]3C[C@@H]([C@@H]2C)C3(C)C)cccc1-c1cc(C(=O)N[C@@H](CCO)CN2CCCC2)cc(N(C)C)c1.COc1ccc(C[C@H](NC(=O)c2cc(-c3cccc(CN4O[C@@H](CO)[C@@H]([C@H](C)O)[C@H]4C(=O)NC4C[C@H]5C[C@@H]([C@@H]4C)C5(C)C)c3OC)cc(N(C)C)c2)C(=O)N(C)C)cc1. The molecule has 9 fully saturated rings. The number of hydrogen-bond donors (Lipinski definition) is 9. The lowest BCUT2D eigenvalue weighted by Crippen LogP contribution is -2.62. The predicted molar refractivity (Wildman–Crippen MR) is 436 cm³/mol. The topological polar surface area (TPSA) is 300 Å². The number of nitrogens with zero attached hydrogens (tertiary/aromatic N) is 6. The number of hydroxylamine groups is 4. The Morgan fingerprint density at radius 1 is 0.584 bits per heavy atom. The minimum absolute atomic E-state index is 0.00892. The number of likely N-dealkylation sites (tertiary alicyclic amines) is 1. The van der Waals surface area contributed by atoms with Gasteiger partial charge in [0.25, 0.3) is 11.8 Å². The van der Waals surface area contributed by atoms with Crippen molar-refractivity contribution in [3.63, 3.8) is 0 Å². The fourth-order valence-corrected chi connectivity index (χ4v) is 19.6. The Morgan fingerprint density at radius 2 is 1.03 bits per heavy atom. The largest absolute Gasteiger partial charge is 0.497 e. The first-order valence-electron chi connectivity index (χ1n) is 40.6. The molecular formula is C88H126N10O15. The van der Waals surface area contributed by atoms with Crippen LogP contribution in [0, 0.1) is 58.2 Å². The van der Waals surface area contributed by atoms with Gasteiger partial charge in [-0.25, -0.2) is 0 Å². The maximum atomic E-state index is 14.3. The van der Waals surface area contributed by atoms with Crippen LogP contribution in [0.15, 0.2) is 97.1 Å². The highest BCUT2D eigenvalue weighted by atomic mass is 16.7. The zero-order chi connectivity index (χ0) is 81.8. The van der Waals surface area contributed by atoms with Crippen LogP contribution in [0.4, 0.5) is 11.4 Å². The zero-order valence-electron chi connectivity index (χ0n) is 69.4. The first-order valence-corrected chi connectivity index (χ1v) is 40.6. The zero-order valence-corrected chi connectivity index (χ0v) is 69.4. The fourth-order valence-electron chi connectivity index (χ4n) is 19.6. The molecule has 25 heteroatoms. The Kier molecular flexibility index (Phi) is 27.7. The Morgan fingerprint density at radius 3 is 1.40 bits per heavy atom. The lowest BCUT2D eigenvalue weighted by atomic mass is 9.45. The summed E-state index contributed by atoms with van der Waals surface area (Å²) in [5.41, 5.74) is 8.25. The second-order valence-corrected chi connectivity index (χ2v) is 34.8. The summed E-state index contributed by atoms with van der Waals surface area (Å²) in [5.74, 6) is 2.00. The van der Waals surface area contributed by atoms with Crippen molar-refractivity contribution < 1.29 is 73.4 Å². The van der Waals surface area contributed by atoms with Crippen molar-refractivity contribution in [2.45, 2.75) is 181 Å². The molecule has 0 aromatic heterocycles. The van der Waals surface area contributed by atoms with Crippen molar-refractivity contribution in [1.29, 1.82) is 0 Å². The number of ether oxygens (including phenoxy) is 3. The molecular weight excluding hydrogens is 1440 g/mol. The number of aliphatic hydroxyl groups excluding tert-OH is 5. The van der Waals surface area contributed by atoms with Gasteiger partial charge < -0.3 is 80.6 Å². The molecule has 5 aromatic carbocycles. The molecule has 1 unspecified atom stereocenters. The van der Waals surface area contributed by atoms with Crippen LogP contribution < -0.4 is 45.3 Å². The first kappa shape index (κ1) is 85.9. The molecule has 9 N–H and O–H groups in total. The fraction of sp³-hybridized carbons (Fsp3) is 0.602. The van der Waals surface area contributed by atoms with E-state index in [9.17, 15) is 49.5 Å². The second-order valence-electron chi connectivity index (χ2n) is 34.8. The Balaban J connectivity index is 0.000000224. The predicted octanol–water partition coefficient (Wildman–Crippen LogP) is 8.19. The standard InChI is InChI=1S/C46H63N5O8.C42H63N5O7/c1-26-36-22-32(46(36,3)4)23-37(26)47-44(55)41-40(27(2)53)39(25-52)59-51(41)24-29-12-11-13-35(42(29)58-10)30-19-31(21-33(20-30)49(5)6)43(54)48-38(45(56)50(7)8)18-28-14-16-34(57-9)17-15-28;1-25-34-20-30(42(34,3)4)21-35(25)44-41(52)38-37(26(2)50)36(24-49)54-47(38)22-27-11-10-12-33(39(27)53-7)28-17-29(19-32(18-28)45(5)6)40(51)43-31(13-16-48)23-46-14-8-9-15-46/h11-17,19-21,26-27,32,36-41,52-53H,18,22-25H2,1-10H3,(H,47,55)(H,48,54);10-12,17-19,25-26,30-31,34-38,48-50H,8-9,13-16,20-24H2,1-7H3,(H,43,51)(H,44,52)/t26-,27-,32+,36-,37?,38-,39-,40+,41-;25-,26-,30+,31-,34-,35-,36-,37-,38-/m00/s1. The maximum absolute atomic E-state index is 14.3. The van der Waals surface area contributed by atoms with E-state index >= 15 is 0 Å². The van der Waals surface area contributed by atoms with E-state index in [1.165, 1.54) is 17.7 Å². The van der Waals surface area contributed by atoms with E-state index in [0.717, 1.165) is 72.4 Å². The molecule has 18 atom stereocenters. The van der Waals surface area contributed by atoms with Gasteiger partial charge in [-0.15, -0.1) is 0 Å². The number of anilines is 2. The molecule has 3 heterocycles. The highest BCUT2D eigenvalue weighted by Gasteiger charge is 2.59. The van der Waals surface area contributed by atoms with E-state index in [1.54, 1.807) is 71.5 Å². The Labute approximate surface area is 668 Å². The van der Waals surface area contributed by atoms with Crippen molar-refractivity contribution in [2.75, 3.05) is 113 Å². The van der Waals surface area contributed by atoms with Crippen molar-refractivity contribution >= 4 is 40.9 Å². The van der Waals surface area contributed by atoms with Gasteiger partial charge in [0.1, 0.15) is 47.6 Å². The molecule has 3 saturated heterocycles. The molecule has 5 aromatic rings. The smallest absolute Gasteiger partial charge is 0.252 e. The Hall–Kier alpha value is -7.95. The molecule has 113 heavy (non-hydrogen) atoms. The van der Waals surface area contributed by atoms with E-state index < -0.39 is 60.3 Å². The molecule has 14 rings (SSSR count). The summed E-state index contributed by atoms with van der Waals surface area (Å²) >= 11 is 0. The average Bonchev–Trinajstić information content (AvgIpc) is 1.43. The molecule has 0 spiro atoms. The summed E-state index contributed by atoms with van der Waals surface area (Å²) in [5, 5.41) is 68.5. The van der Waals surface area contributed by atoms with Gasteiger partial charge in [0.15, 0.2) is 0 Å². The van der Waals surface area contributed by atoms with Crippen LogP contribution in [0.1, 0.15) is 138 Å².